The summed E-state index contributed by atoms with van der Waals surface area (Å²) in [6.07, 6.45) is 3.11. The van der Waals surface area contributed by atoms with Crippen LogP contribution in [0.25, 0.3) is 0 Å². The van der Waals surface area contributed by atoms with Gasteiger partial charge in [0, 0.05) is 4.47 Å². The summed E-state index contributed by atoms with van der Waals surface area (Å²) in [5, 5.41) is 3.17. The molecule has 2 nitrogen and oxygen atoms in total. The number of carbonyl (C=O) groups excluding carboxylic acids is 1. The Labute approximate surface area is 96.1 Å². The molecule has 4 heteroatoms. The molecule has 0 fully saturated rings. The number of rotatable bonds is 2. The van der Waals surface area contributed by atoms with Crippen LogP contribution in [0.3, 0.4) is 0 Å². The Bertz CT molecular complexity index is 376. The van der Waals surface area contributed by atoms with Crippen LogP contribution in [-0.4, -0.2) is 5.91 Å². The topological polar surface area (TPSA) is 29.1 Å². The first-order valence-electron chi connectivity index (χ1n) is 4.02. The van der Waals surface area contributed by atoms with Gasteiger partial charge in [-0.2, -0.15) is 0 Å². The number of hydrogen-bond acceptors (Lipinski definition) is 1. The molecule has 0 heterocycles. The fraction of sp³-hybridized carbons (Fsp3) is 0.100. The van der Waals surface area contributed by atoms with Gasteiger partial charge in [-0.15, -0.1) is 0 Å². The summed E-state index contributed by atoms with van der Waals surface area (Å²) in [5.74, 6) is -0.184. The van der Waals surface area contributed by atoms with E-state index in [0.717, 1.165) is 4.47 Å². The monoisotopic (exact) mass is 273 g/mol. The molecule has 0 aliphatic carbocycles. The second-order valence-corrected chi connectivity index (χ2v) is 3.94. The van der Waals surface area contributed by atoms with Gasteiger partial charge in [-0.25, -0.2) is 0 Å². The Morgan fingerprint density at radius 1 is 1.57 bits per heavy atom. The van der Waals surface area contributed by atoms with Crippen LogP contribution in [0.1, 0.15) is 6.92 Å². The molecule has 0 saturated carbocycles. The van der Waals surface area contributed by atoms with Crippen LogP contribution in [0.4, 0.5) is 5.69 Å². The summed E-state index contributed by atoms with van der Waals surface area (Å²) < 4.78 is 0.881. The molecule has 0 saturated heterocycles. The second-order valence-electron chi connectivity index (χ2n) is 2.61. The maximum atomic E-state index is 11.2. The van der Waals surface area contributed by atoms with Gasteiger partial charge in [0.25, 0.3) is 0 Å². The van der Waals surface area contributed by atoms with Crippen molar-refractivity contribution in [1.29, 1.82) is 0 Å². The second kappa shape index (κ2) is 5.17. The molecule has 0 atom stereocenters. The molecule has 0 spiro atoms. The van der Waals surface area contributed by atoms with Crippen LogP contribution in [-0.2, 0) is 4.79 Å². The predicted octanol–water partition coefficient (Wildman–Crippen LogP) is 3.62. The van der Waals surface area contributed by atoms with Gasteiger partial charge in [0.2, 0.25) is 5.91 Å². The third-order valence-electron chi connectivity index (χ3n) is 1.51. The van der Waals surface area contributed by atoms with Crippen LogP contribution in [0.5, 0.6) is 0 Å². The molecule has 0 aliphatic rings. The number of hydrogen-bond donors (Lipinski definition) is 1. The van der Waals surface area contributed by atoms with Crippen molar-refractivity contribution < 1.29 is 4.79 Å². The minimum Gasteiger partial charge on any atom is -0.321 e. The summed E-state index contributed by atoms with van der Waals surface area (Å²) in [6.45, 7) is 1.78. The molecule has 1 aromatic rings. The maximum absolute atomic E-state index is 11.2. The molecular formula is C10H9BrClNO. The molecule has 0 bridgehead atoms. The number of benzene rings is 1. The van der Waals surface area contributed by atoms with Gasteiger partial charge in [-0.05, 0) is 31.2 Å². The van der Waals surface area contributed by atoms with E-state index in [1.807, 2.05) is 6.07 Å². The van der Waals surface area contributed by atoms with E-state index in [4.69, 9.17) is 11.6 Å². The van der Waals surface area contributed by atoms with Gasteiger partial charge in [0.05, 0.1) is 10.7 Å². The molecule has 1 N–H and O–H groups in total. The minimum atomic E-state index is -0.184. The smallest absolute Gasteiger partial charge is 0.248 e. The van der Waals surface area contributed by atoms with Gasteiger partial charge < -0.3 is 5.32 Å². The van der Waals surface area contributed by atoms with Crippen molar-refractivity contribution in [2.45, 2.75) is 6.92 Å². The molecule has 0 aliphatic heterocycles. The highest BCUT2D eigenvalue weighted by Crippen LogP contribution is 2.25. The van der Waals surface area contributed by atoms with Gasteiger partial charge in [0.1, 0.15) is 0 Å². The van der Waals surface area contributed by atoms with Gasteiger partial charge in [-0.1, -0.05) is 33.6 Å². The highest BCUT2D eigenvalue weighted by Gasteiger charge is 2.02. The van der Waals surface area contributed by atoms with Crippen molar-refractivity contribution >= 4 is 39.1 Å². The Morgan fingerprint density at radius 3 is 2.86 bits per heavy atom. The van der Waals surface area contributed by atoms with Crippen molar-refractivity contribution in [1.82, 2.24) is 0 Å². The van der Waals surface area contributed by atoms with E-state index in [9.17, 15) is 4.79 Å². The summed E-state index contributed by atoms with van der Waals surface area (Å²) >= 11 is 9.19. The number of nitrogens with one attached hydrogen (secondary N) is 1. The standard InChI is InChI=1S/C10H9BrClNO/c1-2-3-10(14)13-9-5-4-7(11)6-8(9)12/h2-6H,1H3,(H,13,14). The normalized spacial score (nSPS) is 10.5. The first kappa shape index (κ1) is 11.3. The Kier molecular flexibility index (Phi) is 4.17. The lowest BCUT2D eigenvalue weighted by molar-refractivity contribution is -0.111. The maximum Gasteiger partial charge on any atom is 0.248 e. The van der Waals surface area contributed by atoms with E-state index in [0.29, 0.717) is 10.7 Å². The molecule has 0 unspecified atom stereocenters. The van der Waals surface area contributed by atoms with Crippen molar-refractivity contribution in [2.24, 2.45) is 0 Å². The zero-order chi connectivity index (χ0) is 10.6. The van der Waals surface area contributed by atoms with Crippen molar-refractivity contribution in [2.75, 3.05) is 5.32 Å². The van der Waals surface area contributed by atoms with Gasteiger partial charge in [0.15, 0.2) is 0 Å². The number of carbonyl (C=O) groups is 1. The molecule has 74 valence electrons. The number of halogens is 2. The largest absolute Gasteiger partial charge is 0.321 e. The minimum absolute atomic E-state index is 0.184. The van der Waals surface area contributed by atoms with Crippen molar-refractivity contribution in [3.63, 3.8) is 0 Å². The van der Waals surface area contributed by atoms with Crippen LogP contribution in [0, 0.1) is 0 Å². The molecule has 1 amide bonds. The van der Waals surface area contributed by atoms with E-state index in [-0.39, 0.29) is 5.91 Å². The molecule has 1 rings (SSSR count). The Morgan fingerprint density at radius 2 is 2.29 bits per heavy atom. The van der Waals surface area contributed by atoms with Crippen molar-refractivity contribution in [3.8, 4) is 0 Å². The lowest BCUT2D eigenvalue weighted by atomic mass is 10.3. The van der Waals surface area contributed by atoms with Gasteiger partial charge in [-0.3, -0.25) is 4.79 Å². The number of anilines is 1. The summed E-state index contributed by atoms with van der Waals surface area (Å²) in [5.41, 5.74) is 0.609. The SMILES string of the molecule is CC=CC(=O)Nc1ccc(Br)cc1Cl. The first-order valence-corrected chi connectivity index (χ1v) is 5.19. The number of amides is 1. The average molecular weight is 275 g/mol. The summed E-state index contributed by atoms with van der Waals surface area (Å²) in [7, 11) is 0. The van der Waals surface area contributed by atoms with Gasteiger partial charge >= 0.3 is 0 Å². The lowest BCUT2D eigenvalue weighted by Crippen LogP contribution is -2.07. The quantitative estimate of drug-likeness (QED) is 0.820. The van der Waals surface area contributed by atoms with Crippen LogP contribution in [0.2, 0.25) is 5.02 Å². The molecule has 14 heavy (non-hydrogen) atoms. The van der Waals surface area contributed by atoms with Crippen LogP contribution in [0.15, 0.2) is 34.8 Å². The van der Waals surface area contributed by atoms with Crippen LogP contribution >= 0.6 is 27.5 Å². The zero-order valence-electron chi connectivity index (χ0n) is 7.55. The fourth-order valence-corrected chi connectivity index (χ4v) is 1.64. The first-order chi connectivity index (χ1) is 6.63. The third kappa shape index (κ3) is 3.16. The van der Waals surface area contributed by atoms with Crippen molar-refractivity contribution in [3.05, 3.63) is 39.8 Å². The van der Waals surface area contributed by atoms with E-state index in [2.05, 4.69) is 21.2 Å². The molecule has 0 radical (unpaired) electrons. The summed E-state index contributed by atoms with van der Waals surface area (Å²) in [6, 6.07) is 5.29. The third-order valence-corrected chi connectivity index (χ3v) is 2.31. The molecule has 1 aromatic carbocycles. The fourth-order valence-electron chi connectivity index (χ4n) is 0.917. The van der Waals surface area contributed by atoms with E-state index >= 15 is 0 Å². The Balaban J connectivity index is 2.82. The zero-order valence-corrected chi connectivity index (χ0v) is 9.89. The molecule has 0 aromatic heterocycles. The lowest BCUT2D eigenvalue weighted by Gasteiger charge is -2.04. The van der Waals surface area contributed by atoms with E-state index in [1.54, 1.807) is 25.1 Å². The Hall–Kier alpha value is -0.800. The van der Waals surface area contributed by atoms with E-state index < -0.39 is 0 Å². The van der Waals surface area contributed by atoms with Crippen LogP contribution < -0.4 is 5.32 Å². The summed E-state index contributed by atoms with van der Waals surface area (Å²) in [4.78, 5) is 11.2. The highest BCUT2D eigenvalue weighted by atomic mass is 79.9. The number of allylic oxidation sites excluding steroid dienone is 1. The van der Waals surface area contributed by atoms with E-state index in [1.165, 1.54) is 6.08 Å². The predicted molar refractivity (Wildman–Crippen MR) is 62.6 cm³/mol. The average Bonchev–Trinajstić information content (AvgIpc) is 2.10. The highest BCUT2D eigenvalue weighted by molar-refractivity contribution is 9.10. The molecular weight excluding hydrogens is 265 g/mol.